The Kier molecular flexibility index (Phi) is 8.72. The van der Waals surface area contributed by atoms with E-state index in [1.165, 1.54) is 6.07 Å². The third-order valence-corrected chi connectivity index (χ3v) is 2.13. The van der Waals surface area contributed by atoms with Gasteiger partial charge in [-0.3, -0.25) is 0 Å². The van der Waals surface area contributed by atoms with Crippen LogP contribution in [0, 0.1) is 5.82 Å². The summed E-state index contributed by atoms with van der Waals surface area (Å²) in [7, 11) is 1.86. The van der Waals surface area contributed by atoms with E-state index in [2.05, 4.69) is 0 Å². The third-order valence-electron chi connectivity index (χ3n) is 2.13. The first kappa shape index (κ1) is 16.9. The van der Waals surface area contributed by atoms with Crippen LogP contribution in [0.25, 0.3) is 0 Å². The minimum atomic E-state index is -0.202. The summed E-state index contributed by atoms with van der Waals surface area (Å²) in [6.45, 7) is 3.15. The second-order valence-electron chi connectivity index (χ2n) is 3.00. The Bertz CT molecular complexity index is 295. The Morgan fingerprint density at radius 2 is 1.93 bits per heavy atom. The topological polar surface area (TPSA) is 29.3 Å². The minimum Gasteiger partial charge on any atom is -0.373 e. The predicted octanol–water partition coefficient (Wildman–Crippen LogP) is 2.58. The molecule has 2 N–H and O–H groups in total. The van der Waals surface area contributed by atoms with E-state index in [4.69, 9.17) is 5.73 Å². The summed E-state index contributed by atoms with van der Waals surface area (Å²) in [6, 6.07) is 5.10. The third kappa shape index (κ3) is 4.24. The van der Waals surface area contributed by atoms with Gasteiger partial charge in [0, 0.05) is 20.1 Å². The molecule has 15 heavy (non-hydrogen) atoms. The summed E-state index contributed by atoms with van der Waals surface area (Å²) >= 11 is 0. The summed E-state index contributed by atoms with van der Waals surface area (Å²) in [6.07, 6.45) is 0. The largest absolute Gasteiger partial charge is 0.373 e. The maximum atomic E-state index is 13.4. The SMILES string of the molecule is CCN(C)c1ccc(CN)cc1F.Cl.Cl. The van der Waals surface area contributed by atoms with E-state index in [0.717, 1.165) is 12.1 Å². The molecule has 0 aromatic heterocycles. The van der Waals surface area contributed by atoms with Crippen molar-refractivity contribution in [2.75, 3.05) is 18.5 Å². The highest BCUT2D eigenvalue weighted by molar-refractivity contribution is 5.85. The van der Waals surface area contributed by atoms with Crippen molar-refractivity contribution in [2.24, 2.45) is 5.73 Å². The molecule has 0 radical (unpaired) electrons. The van der Waals surface area contributed by atoms with E-state index >= 15 is 0 Å². The van der Waals surface area contributed by atoms with Crippen LogP contribution in [-0.2, 0) is 6.54 Å². The second kappa shape index (κ2) is 7.74. The zero-order chi connectivity index (χ0) is 9.84. The fourth-order valence-corrected chi connectivity index (χ4v) is 1.16. The van der Waals surface area contributed by atoms with Crippen molar-refractivity contribution in [1.29, 1.82) is 0 Å². The van der Waals surface area contributed by atoms with Crippen LogP contribution in [-0.4, -0.2) is 13.6 Å². The maximum absolute atomic E-state index is 13.4. The average Bonchev–Trinajstić information content (AvgIpc) is 2.16. The molecule has 0 atom stereocenters. The molecule has 88 valence electrons. The lowest BCUT2D eigenvalue weighted by molar-refractivity contribution is 0.621. The second-order valence-corrected chi connectivity index (χ2v) is 3.00. The van der Waals surface area contributed by atoms with Crippen molar-refractivity contribution in [3.8, 4) is 0 Å². The highest BCUT2D eigenvalue weighted by Crippen LogP contribution is 2.18. The van der Waals surface area contributed by atoms with Gasteiger partial charge in [0.2, 0.25) is 0 Å². The molecule has 2 nitrogen and oxygen atoms in total. The monoisotopic (exact) mass is 254 g/mol. The summed E-state index contributed by atoms with van der Waals surface area (Å²) in [4.78, 5) is 1.86. The van der Waals surface area contributed by atoms with E-state index in [1.54, 1.807) is 6.07 Å². The van der Waals surface area contributed by atoms with Gasteiger partial charge in [0.25, 0.3) is 0 Å². The van der Waals surface area contributed by atoms with Crippen molar-refractivity contribution in [1.82, 2.24) is 0 Å². The Hall–Kier alpha value is -0.510. The number of benzene rings is 1. The zero-order valence-electron chi connectivity index (χ0n) is 8.87. The number of nitrogens with two attached hydrogens (primary N) is 1. The highest BCUT2D eigenvalue weighted by atomic mass is 35.5. The van der Waals surface area contributed by atoms with Crippen LogP contribution in [0.4, 0.5) is 10.1 Å². The summed E-state index contributed by atoms with van der Waals surface area (Å²) < 4.78 is 13.4. The normalized spacial score (nSPS) is 8.80. The van der Waals surface area contributed by atoms with Gasteiger partial charge in [-0.2, -0.15) is 0 Å². The van der Waals surface area contributed by atoms with Gasteiger partial charge in [-0.15, -0.1) is 24.8 Å². The molecule has 0 unspecified atom stereocenters. The molecule has 1 aromatic rings. The van der Waals surface area contributed by atoms with Gasteiger partial charge in [-0.1, -0.05) is 6.07 Å². The minimum absolute atomic E-state index is 0. The van der Waals surface area contributed by atoms with Gasteiger partial charge in [0.1, 0.15) is 5.82 Å². The summed E-state index contributed by atoms with van der Waals surface area (Å²) in [5.74, 6) is -0.202. The molecule has 0 aliphatic carbocycles. The Balaban J connectivity index is 0. The van der Waals surface area contributed by atoms with Crippen molar-refractivity contribution in [3.05, 3.63) is 29.6 Å². The number of anilines is 1. The maximum Gasteiger partial charge on any atom is 0.146 e. The smallest absolute Gasteiger partial charge is 0.146 e. The van der Waals surface area contributed by atoms with Gasteiger partial charge in [-0.25, -0.2) is 4.39 Å². The van der Waals surface area contributed by atoms with Crippen molar-refractivity contribution < 1.29 is 4.39 Å². The molecule has 0 aliphatic rings. The van der Waals surface area contributed by atoms with E-state index in [9.17, 15) is 4.39 Å². The molecular weight excluding hydrogens is 238 g/mol. The average molecular weight is 255 g/mol. The summed E-state index contributed by atoms with van der Waals surface area (Å²) in [5.41, 5.74) is 6.85. The zero-order valence-corrected chi connectivity index (χ0v) is 10.5. The summed E-state index contributed by atoms with van der Waals surface area (Å²) in [5, 5.41) is 0. The van der Waals surface area contributed by atoms with Crippen LogP contribution in [0.5, 0.6) is 0 Å². The molecule has 0 bridgehead atoms. The van der Waals surface area contributed by atoms with Crippen molar-refractivity contribution in [3.63, 3.8) is 0 Å². The Morgan fingerprint density at radius 1 is 1.33 bits per heavy atom. The molecule has 0 heterocycles. The lowest BCUT2D eigenvalue weighted by atomic mass is 10.2. The first-order valence-electron chi connectivity index (χ1n) is 4.38. The van der Waals surface area contributed by atoms with Crippen LogP contribution in [0.1, 0.15) is 12.5 Å². The van der Waals surface area contributed by atoms with E-state index in [-0.39, 0.29) is 30.6 Å². The molecule has 0 amide bonds. The number of nitrogens with zero attached hydrogens (tertiary/aromatic N) is 1. The van der Waals surface area contributed by atoms with Crippen molar-refractivity contribution >= 4 is 30.5 Å². The molecule has 0 aliphatic heterocycles. The molecule has 1 aromatic carbocycles. The highest BCUT2D eigenvalue weighted by Gasteiger charge is 2.05. The molecule has 0 saturated heterocycles. The van der Waals surface area contributed by atoms with Crippen LogP contribution in [0.2, 0.25) is 0 Å². The number of halogens is 3. The van der Waals surface area contributed by atoms with Gasteiger partial charge in [-0.05, 0) is 24.6 Å². The van der Waals surface area contributed by atoms with Crippen LogP contribution in [0.3, 0.4) is 0 Å². The van der Waals surface area contributed by atoms with Crippen molar-refractivity contribution in [2.45, 2.75) is 13.5 Å². The lowest BCUT2D eigenvalue weighted by Crippen LogP contribution is -2.17. The number of rotatable bonds is 3. The van der Waals surface area contributed by atoms with Gasteiger partial charge >= 0.3 is 0 Å². The van der Waals surface area contributed by atoms with Gasteiger partial charge in [0.15, 0.2) is 0 Å². The van der Waals surface area contributed by atoms with E-state index in [1.807, 2.05) is 24.9 Å². The molecule has 0 spiro atoms. The molecule has 1 rings (SSSR count). The molecule has 0 fully saturated rings. The number of hydrogen-bond donors (Lipinski definition) is 1. The fraction of sp³-hybridized carbons (Fsp3) is 0.400. The molecule has 5 heteroatoms. The molecular formula is C10H17Cl2FN2. The van der Waals surface area contributed by atoms with Crippen LogP contribution in [0.15, 0.2) is 18.2 Å². The standard InChI is InChI=1S/C10H15FN2.2ClH/c1-3-13(2)10-5-4-8(7-12)6-9(10)11;;/h4-6H,3,7,12H2,1-2H3;2*1H. The predicted molar refractivity (Wildman–Crippen MR) is 67.7 cm³/mol. The Labute approximate surface area is 102 Å². The lowest BCUT2D eigenvalue weighted by Gasteiger charge is -2.17. The van der Waals surface area contributed by atoms with E-state index in [0.29, 0.717) is 12.2 Å². The quantitative estimate of drug-likeness (QED) is 0.899. The molecule has 0 saturated carbocycles. The first-order valence-corrected chi connectivity index (χ1v) is 4.38. The van der Waals surface area contributed by atoms with Gasteiger partial charge < -0.3 is 10.6 Å². The van der Waals surface area contributed by atoms with Gasteiger partial charge in [0.05, 0.1) is 5.69 Å². The first-order chi connectivity index (χ1) is 6.19. The number of hydrogen-bond acceptors (Lipinski definition) is 2. The van der Waals surface area contributed by atoms with Crippen LogP contribution >= 0.6 is 24.8 Å². The van der Waals surface area contributed by atoms with E-state index < -0.39 is 0 Å². The Morgan fingerprint density at radius 3 is 2.33 bits per heavy atom. The fourth-order valence-electron chi connectivity index (χ4n) is 1.16. The van der Waals surface area contributed by atoms with Crippen LogP contribution < -0.4 is 10.6 Å².